The number of ether oxygens (including phenoxy) is 1. The lowest BCUT2D eigenvalue weighted by Crippen LogP contribution is -2.48. The first-order valence-corrected chi connectivity index (χ1v) is 10.6. The van der Waals surface area contributed by atoms with Crippen LogP contribution in [0.2, 0.25) is 0 Å². The monoisotopic (exact) mass is 390 g/mol. The van der Waals surface area contributed by atoms with E-state index in [-0.39, 0.29) is 24.0 Å². The number of fused-ring (bicyclic) bond motifs is 1. The largest absolute Gasteiger partial charge is 0.372 e. The number of benzene rings is 2. The maximum atomic E-state index is 13.3. The first-order chi connectivity index (χ1) is 14.1. The van der Waals surface area contributed by atoms with Gasteiger partial charge in [0.15, 0.2) is 0 Å². The molecule has 0 spiro atoms. The molecule has 1 saturated heterocycles. The van der Waals surface area contributed by atoms with E-state index in [1.54, 1.807) is 0 Å². The molecule has 0 aliphatic carbocycles. The van der Waals surface area contributed by atoms with Crippen LogP contribution < -0.4 is 0 Å². The van der Waals surface area contributed by atoms with Crippen LogP contribution in [-0.4, -0.2) is 41.1 Å². The summed E-state index contributed by atoms with van der Waals surface area (Å²) in [5.74, 6) is 0.222. The van der Waals surface area contributed by atoms with E-state index >= 15 is 0 Å². The second kappa shape index (κ2) is 8.42. The molecule has 1 aromatic heterocycles. The van der Waals surface area contributed by atoms with E-state index < -0.39 is 0 Å². The smallest absolute Gasteiger partial charge is 0.223 e. The molecule has 1 amide bonds. The molecule has 1 N–H and O–H groups in total. The Balaban J connectivity index is 1.69. The van der Waals surface area contributed by atoms with Crippen molar-refractivity contribution in [2.45, 2.75) is 51.7 Å². The highest BCUT2D eigenvalue weighted by molar-refractivity contribution is 5.88. The highest BCUT2D eigenvalue weighted by Crippen LogP contribution is 2.35. The maximum absolute atomic E-state index is 13.3. The highest BCUT2D eigenvalue weighted by Gasteiger charge is 2.29. The average molecular weight is 391 g/mol. The normalized spacial score (nSPS) is 20.7. The van der Waals surface area contributed by atoms with Crippen LogP contribution in [0.3, 0.4) is 0 Å². The summed E-state index contributed by atoms with van der Waals surface area (Å²) in [5.41, 5.74) is 4.87. The SMILES string of the molecule is CCc1cccc2c(C(CC(=O)N3CC(C)OC(C)C3)c3ccccc3)c[nH]c12. The number of carbonyl (C=O) groups excluding carboxylic acids is 1. The number of para-hydroxylation sites is 1. The van der Waals surface area contributed by atoms with Crippen LogP contribution in [0.1, 0.15) is 49.8 Å². The van der Waals surface area contributed by atoms with Crippen molar-refractivity contribution in [2.75, 3.05) is 13.1 Å². The van der Waals surface area contributed by atoms with Gasteiger partial charge in [0.25, 0.3) is 0 Å². The van der Waals surface area contributed by atoms with Crippen molar-refractivity contribution in [1.82, 2.24) is 9.88 Å². The van der Waals surface area contributed by atoms with Gasteiger partial charge in [0.1, 0.15) is 0 Å². The minimum atomic E-state index is 0.0259. The van der Waals surface area contributed by atoms with Gasteiger partial charge in [-0.1, -0.05) is 55.5 Å². The lowest BCUT2D eigenvalue weighted by molar-refractivity contribution is -0.143. The van der Waals surface area contributed by atoms with Gasteiger partial charge in [0, 0.05) is 42.5 Å². The van der Waals surface area contributed by atoms with Gasteiger partial charge < -0.3 is 14.6 Å². The molecule has 1 aliphatic heterocycles. The molecule has 1 aliphatic rings. The predicted octanol–water partition coefficient (Wildman–Crippen LogP) is 4.89. The minimum Gasteiger partial charge on any atom is -0.372 e. The van der Waals surface area contributed by atoms with E-state index in [0.717, 1.165) is 6.42 Å². The van der Waals surface area contributed by atoms with Gasteiger partial charge in [-0.2, -0.15) is 0 Å². The average Bonchev–Trinajstić information content (AvgIpc) is 3.15. The Morgan fingerprint density at radius 2 is 1.83 bits per heavy atom. The molecule has 2 aromatic carbocycles. The van der Waals surface area contributed by atoms with Gasteiger partial charge in [0.05, 0.1) is 12.2 Å². The minimum absolute atomic E-state index is 0.0259. The number of nitrogens with zero attached hydrogens (tertiary/aromatic N) is 1. The molecule has 29 heavy (non-hydrogen) atoms. The third-order valence-electron chi connectivity index (χ3n) is 5.94. The molecule has 4 heteroatoms. The lowest BCUT2D eigenvalue weighted by Gasteiger charge is -2.36. The van der Waals surface area contributed by atoms with Gasteiger partial charge in [-0.05, 0) is 37.0 Å². The van der Waals surface area contributed by atoms with E-state index in [9.17, 15) is 4.79 Å². The summed E-state index contributed by atoms with van der Waals surface area (Å²) in [6.07, 6.45) is 3.71. The maximum Gasteiger partial charge on any atom is 0.223 e. The molecule has 0 bridgehead atoms. The Morgan fingerprint density at radius 3 is 2.52 bits per heavy atom. The van der Waals surface area contributed by atoms with Crippen LogP contribution in [-0.2, 0) is 16.0 Å². The Kier molecular flexibility index (Phi) is 5.72. The number of morpholine rings is 1. The van der Waals surface area contributed by atoms with Crippen LogP contribution in [0.4, 0.5) is 0 Å². The number of nitrogens with one attached hydrogen (secondary N) is 1. The van der Waals surface area contributed by atoms with Crippen LogP contribution in [0.25, 0.3) is 10.9 Å². The van der Waals surface area contributed by atoms with Crippen LogP contribution >= 0.6 is 0 Å². The first-order valence-electron chi connectivity index (χ1n) is 10.6. The van der Waals surface area contributed by atoms with Crippen molar-refractivity contribution < 1.29 is 9.53 Å². The second-order valence-corrected chi connectivity index (χ2v) is 8.16. The molecule has 0 radical (unpaired) electrons. The zero-order valence-electron chi connectivity index (χ0n) is 17.5. The van der Waals surface area contributed by atoms with Crippen molar-refractivity contribution in [3.8, 4) is 0 Å². The molecular weight excluding hydrogens is 360 g/mol. The number of amides is 1. The zero-order valence-corrected chi connectivity index (χ0v) is 17.5. The Hall–Kier alpha value is -2.59. The molecular formula is C25H30N2O2. The molecule has 3 unspecified atom stereocenters. The molecule has 4 nitrogen and oxygen atoms in total. The fourth-order valence-electron chi connectivity index (χ4n) is 4.60. The summed E-state index contributed by atoms with van der Waals surface area (Å²) in [6.45, 7) is 7.58. The quantitative estimate of drug-likeness (QED) is 0.674. The first kappa shape index (κ1) is 19.7. The molecule has 1 fully saturated rings. The zero-order chi connectivity index (χ0) is 20.4. The van der Waals surface area contributed by atoms with Crippen molar-refractivity contribution in [3.63, 3.8) is 0 Å². The summed E-state index contributed by atoms with van der Waals surface area (Å²) in [4.78, 5) is 18.7. The van der Waals surface area contributed by atoms with Gasteiger partial charge in [-0.25, -0.2) is 0 Å². The van der Waals surface area contributed by atoms with E-state index in [4.69, 9.17) is 4.74 Å². The lowest BCUT2D eigenvalue weighted by atomic mass is 9.87. The predicted molar refractivity (Wildman–Crippen MR) is 117 cm³/mol. The number of H-pyrrole nitrogens is 1. The van der Waals surface area contributed by atoms with Crippen molar-refractivity contribution in [1.29, 1.82) is 0 Å². The van der Waals surface area contributed by atoms with Gasteiger partial charge in [-0.15, -0.1) is 0 Å². The van der Waals surface area contributed by atoms with Crippen molar-refractivity contribution >= 4 is 16.8 Å². The third-order valence-corrected chi connectivity index (χ3v) is 5.94. The number of hydrogen-bond donors (Lipinski definition) is 1. The molecule has 2 heterocycles. The standard InChI is InChI=1S/C25H30N2O2/c1-4-19-11-8-12-21-23(14-26-25(19)21)22(20-9-6-5-7-10-20)13-24(28)27-15-17(2)29-18(3)16-27/h5-12,14,17-18,22,26H,4,13,15-16H2,1-3H3. The second-order valence-electron chi connectivity index (χ2n) is 8.16. The summed E-state index contributed by atoms with van der Waals surface area (Å²) >= 11 is 0. The number of rotatable bonds is 5. The Bertz CT molecular complexity index is 969. The van der Waals surface area contributed by atoms with Gasteiger partial charge in [0.2, 0.25) is 5.91 Å². The molecule has 4 rings (SSSR count). The van der Waals surface area contributed by atoms with Gasteiger partial charge in [-0.3, -0.25) is 4.79 Å². The Morgan fingerprint density at radius 1 is 1.10 bits per heavy atom. The van der Waals surface area contributed by atoms with Crippen LogP contribution in [0.15, 0.2) is 54.7 Å². The van der Waals surface area contributed by atoms with Crippen molar-refractivity contribution in [3.05, 3.63) is 71.4 Å². The summed E-state index contributed by atoms with van der Waals surface area (Å²) < 4.78 is 5.81. The summed E-state index contributed by atoms with van der Waals surface area (Å²) in [7, 11) is 0. The topological polar surface area (TPSA) is 45.3 Å². The highest BCUT2D eigenvalue weighted by atomic mass is 16.5. The van der Waals surface area contributed by atoms with Crippen LogP contribution in [0.5, 0.6) is 0 Å². The molecule has 152 valence electrons. The Labute approximate surface area is 172 Å². The molecule has 3 atom stereocenters. The van der Waals surface area contributed by atoms with E-state index in [1.165, 1.54) is 27.6 Å². The van der Waals surface area contributed by atoms with Gasteiger partial charge >= 0.3 is 0 Å². The van der Waals surface area contributed by atoms with Crippen molar-refractivity contribution in [2.24, 2.45) is 0 Å². The fraction of sp³-hybridized carbons (Fsp3) is 0.400. The van der Waals surface area contributed by atoms with E-state index in [2.05, 4.69) is 60.6 Å². The van der Waals surface area contributed by atoms with Crippen LogP contribution in [0, 0.1) is 0 Å². The summed E-state index contributed by atoms with van der Waals surface area (Å²) in [5, 5.41) is 1.22. The fourth-order valence-corrected chi connectivity index (χ4v) is 4.60. The number of carbonyl (C=O) groups is 1. The number of aromatic amines is 1. The number of aromatic nitrogens is 1. The van der Waals surface area contributed by atoms with E-state index in [1.807, 2.05) is 24.8 Å². The third kappa shape index (κ3) is 4.08. The molecule has 3 aromatic rings. The molecule has 0 saturated carbocycles. The number of hydrogen-bond acceptors (Lipinski definition) is 2. The van der Waals surface area contributed by atoms with E-state index in [0.29, 0.717) is 19.5 Å². The number of aryl methyl sites for hydroxylation is 1. The summed E-state index contributed by atoms with van der Waals surface area (Å²) in [6, 6.07) is 16.8.